The average Bonchev–Trinajstić information content (AvgIpc) is 3.72. The summed E-state index contributed by atoms with van der Waals surface area (Å²) in [6.45, 7) is 6.38. The first-order valence-electron chi connectivity index (χ1n) is 15.1. The Labute approximate surface area is 242 Å². The van der Waals surface area contributed by atoms with Crippen molar-refractivity contribution in [3.8, 4) is 0 Å². The van der Waals surface area contributed by atoms with E-state index < -0.39 is 17.8 Å². The zero-order valence-electron chi connectivity index (χ0n) is 23.8. The molecule has 7 heteroatoms. The van der Waals surface area contributed by atoms with E-state index in [9.17, 15) is 14.0 Å². The van der Waals surface area contributed by atoms with Gasteiger partial charge in [0.25, 0.3) is 5.91 Å². The highest BCUT2D eigenvalue weighted by Gasteiger charge is 2.40. The molecule has 0 saturated carbocycles. The van der Waals surface area contributed by atoms with Gasteiger partial charge in [-0.1, -0.05) is 30.3 Å². The van der Waals surface area contributed by atoms with Crippen LogP contribution in [-0.4, -0.2) is 49.4 Å². The first-order valence-corrected chi connectivity index (χ1v) is 15.1. The van der Waals surface area contributed by atoms with Gasteiger partial charge in [-0.2, -0.15) is 0 Å². The molecular formula is C34H39FN4O2. The van der Waals surface area contributed by atoms with Gasteiger partial charge < -0.3 is 20.0 Å². The Kier molecular flexibility index (Phi) is 7.95. The highest BCUT2D eigenvalue weighted by Crippen LogP contribution is 2.39. The maximum absolute atomic E-state index is 15.0. The van der Waals surface area contributed by atoms with Crippen molar-refractivity contribution in [2.24, 2.45) is 5.92 Å². The van der Waals surface area contributed by atoms with Crippen LogP contribution in [0.3, 0.4) is 0 Å². The minimum Gasteiger partial charge on any atom is -0.372 e. The van der Waals surface area contributed by atoms with Gasteiger partial charge in [-0.05, 0) is 93.0 Å². The summed E-state index contributed by atoms with van der Waals surface area (Å²) in [6, 6.07) is 20.5. The van der Waals surface area contributed by atoms with Crippen molar-refractivity contribution in [1.29, 1.82) is 0 Å². The summed E-state index contributed by atoms with van der Waals surface area (Å²) < 4.78 is 15.0. The Morgan fingerprint density at radius 1 is 0.780 bits per heavy atom. The second kappa shape index (κ2) is 11.9. The molecule has 6 nitrogen and oxygen atoms in total. The number of likely N-dealkylation sites (tertiary alicyclic amines) is 1. The molecule has 3 saturated heterocycles. The van der Waals surface area contributed by atoms with Crippen molar-refractivity contribution in [3.63, 3.8) is 0 Å². The fraction of sp³-hybridized carbons (Fsp3) is 0.412. The molecule has 0 aliphatic carbocycles. The van der Waals surface area contributed by atoms with E-state index in [1.54, 1.807) is 24.0 Å². The molecule has 214 valence electrons. The number of amides is 2. The highest BCUT2D eigenvalue weighted by molar-refractivity contribution is 5.98. The number of carbonyl (C=O) groups is 2. The molecule has 0 spiro atoms. The highest BCUT2D eigenvalue weighted by atomic mass is 19.1. The number of nitrogens with zero attached hydrogens (tertiary/aromatic N) is 3. The van der Waals surface area contributed by atoms with E-state index in [0.717, 1.165) is 48.8 Å². The SMILES string of the molecule is Cc1cccc(F)c1C(=O)N1CCCC(C(=O)Nc2cccc(N3CCCC3)c2)[C@@H]1c1ccc(N2CCCC2)cc1. The first-order chi connectivity index (χ1) is 20.0. The van der Waals surface area contributed by atoms with Crippen LogP contribution in [0, 0.1) is 18.7 Å². The van der Waals surface area contributed by atoms with Gasteiger partial charge in [-0.25, -0.2) is 4.39 Å². The van der Waals surface area contributed by atoms with Gasteiger partial charge in [0.15, 0.2) is 0 Å². The predicted molar refractivity (Wildman–Crippen MR) is 162 cm³/mol. The van der Waals surface area contributed by atoms with E-state index >= 15 is 0 Å². The summed E-state index contributed by atoms with van der Waals surface area (Å²) in [6.07, 6.45) is 6.07. The largest absolute Gasteiger partial charge is 0.372 e. The van der Waals surface area contributed by atoms with Gasteiger partial charge in [0.1, 0.15) is 5.82 Å². The summed E-state index contributed by atoms with van der Waals surface area (Å²) >= 11 is 0. The van der Waals surface area contributed by atoms with Gasteiger partial charge in [-0.3, -0.25) is 9.59 Å². The lowest BCUT2D eigenvalue weighted by atomic mass is 9.83. The van der Waals surface area contributed by atoms with E-state index in [1.165, 1.54) is 31.7 Å². The minimum atomic E-state index is -0.525. The molecule has 3 heterocycles. The third-order valence-electron chi connectivity index (χ3n) is 8.96. The van der Waals surface area contributed by atoms with Gasteiger partial charge in [-0.15, -0.1) is 0 Å². The standard InChI is InChI=1S/C34H39FN4O2/c1-24-9-6-13-30(35)31(24)34(41)39-22-8-12-29(32(39)25-14-16-27(17-15-25)37-18-2-3-19-37)33(40)36-26-10-7-11-28(23-26)38-20-4-5-21-38/h6-7,9-11,13-17,23,29,32H,2-5,8,12,18-22H2,1H3,(H,36,40)/t29?,32-/m0/s1. The zero-order valence-corrected chi connectivity index (χ0v) is 23.8. The molecule has 3 aromatic rings. The minimum absolute atomic E-state index is 0.0885. The third-order valence-corrected chi connectivity index (χ3v) is 8.96. The molecule has 3 aromatic carbocycles. The van der Waals surface area contributed by atoms with Crippen LogP contribution in [0.1, 0.15) is 66.1 Å². The Hall–Kier alpha value is -3.87. The Morgan fingerprint density at radius 3 is 2.12 bits per heavy atom. The number of hydrogen-bond donors (Lipinski definition) is 1. The third kappa shape index (κ3) is 5.67. The fourth-order valence-corrected chi connectivity index (χ4v) is 6.80. The fourth-order valence-electron chi connectivity index (χ4n) is 6.80. The molecule has 41 heavy (non-hydrogen) atoms. The number of anilines is 3. The van der Waals surface area contributed by atoms with Crippen LogP contribution >= 0.6 is 0 Å². The lowest BCUT2D eigenvalue weighted by molar-refractivity contribution is -0.123. The summed E-state index contributed by atoms with van der Waals surface area (Å²) in [5, 5.41) is 3.17. The van der Waals surface area contributed by atoms with E-state index in [2.05, 4.69) is 33.3 Å². The monoisotopic (exact) mass is 554 g/mol. The Balaban J connectivity index is 1.31. The van der Waals surface area contributed by atoms with Crippen LogP contribution in [0.4, 0.5) is 21.5 Å². The summed E-state index contributed by atoms with van der Waals surface area (Å²) in [5.41, 5.74) is 4.63. The molecule has 2 amide bonds. The molecule has 0 radical (unpaired) electrons. The lowest BCUT2D eigenvalue weighted by Crippen LogP contribution is -2.46. The lowest BCUT2D eigenvalue weighted by Gasteiger charge is -2.41. The second-order valence-electron chi connectivity index (χ2n) is 11.6. The number of rotatable bonds is 6. The van der Waals surface area contributed by atoms with Gasteiger partial charge in [0.2, 0.25) is 5.91 Å². The van der Waals surface area contributed by atoms with Gasteiger partial charge >= 0.3 is 0 Å². The molecule has 3 aliphatic heterocycles. The van der Waals surface area contributed by atoms with E-state index in [0.29, 0.717) is 24.9 Å². The van der Waals surface area contributed by atoms with Crippen LogP contribution < -0.4 is 15.1 Å². The average molecular weight is 555 g/mol. The van der Waals surface area contributed by atoms with Gasteiger partial charge in [0, 0.05) is 49.8 Å². The predicted octanol–water partition coefficient (Wildman–Crippen LogP) is 6.57. The normalized spacial score (nSPS) is 20.9. The first kappa shape index (κ1) is 27.3. The number of carbonyl (C=O) groups excluding carboxylic acids is 2. The number of benzene rings is 3. The van der Waals surface area contributed by atoms with Crippen LogP contribution in [0.5, 0.6) is 0 Å². The topological polar surface area (TPSA) is 55.9 Å². The number of piperidine rings is 1. The second-order valence-corrected chi connectivity index (χ2v) is 11.6. The van der Waals surface area contributed by atoms with E-state index in [4.69, 9.17) is 0 Å². The number of hydrogen-bond acceptors (Lipinski definition) is 4. The smallest absolute Gasteiger partial charge is 0.257 e. The molecule has 1 N–H and O–H groups in total. The molecule has 6 rings (SSSR count). The van der Waals surface area contributed by atoms with Crippen LogP contribution in [-0.2, 0) is 4.79 Å². The summed E-state index contributed by atoms with van der Waals surface area (Å²) in [7, 11) is 0. The Morgan fingerprint density at radius 2 is 1.44 bits per heavy atom. The van der Waals surface area contributed by atoms with Crippen molar-refractivity contribution in [2.45, 2.75) is 51.5 Å². The molecule has 3 fully saturated rings. The maximum Gasteiger partial charge on any atom is 0.257 e. The van der Waals surface area contributed by atoms with E-state index in [-0.39, 0.29) is 17.4 Å². The number of aryl methyl sites for hydroxylation is 1. The van der Waals surface area contributed by atoms with Crippen LogP contribution in [0.25, 0.3) is 0 Å². The van der Waals surface area contributed by atoms with Crippen molar-refractivity contribution < 1.29 is 14.0 Å². The number of halogens is 1. The van der Waals surface area contributed by atoms with Crippen molar-refractivity contribution >= 4 is 28.9 Å². The molecule has 3 aliphatic rings. The van der Waals surface area contributed by atoms with Crippen molar-refractivity contribution in [3.05, 3.63) is 89.2 Å². The Bertz CT molecular complexity index is 1380. The van der Waals surface area contributed by atoms with Crippen molar-refractivity contribution in [2.75, 3.05) is 47.8 Å². The van der Waals surface area contributed by atoms with E-state index in [1.807, 2.05) is 30.3 Å². The van der Waals surface area contributed by atoms with Gasteiger partial charge in [0.05, 0.1) is 17.5 Å². The quantitative estimate of drug-likeness (QED) is 0.375. The maximum atomic E-state index is 15.0. The summed E-state index contributed by atoms with van der Waals surface area (Å²) in [4.78, 5) is 34.4. The molecule has 2 atom stereocenters. The summed E-state index contributed by atoms with van der Waals surface area (Å²) in [5.74, 6) is -1.46. The molecular weight excluding hydrogens is 515 g/mol. The number of nitrogens with one attached hydrogen (secondary N) is 1. The molecule has 1 unspecified atom stereocenters. The van der Waals surface area contributed by atoms with Crippen LogP contribution in [0.2, 0.25) is 0 Å². The van der Waals surface area contributed by atoms with Crippen LogP contribution in [0.15, 0.2) is 66.7 Å². The molecule has 0 bridgehead atoms. The van der Waals surface area contributed by atoms with Crippen molar-refractivity contribution in [1.82, 2.24) is 4.90 Å². The molecule has 0 aromatic heterocycles. The zero-order chi connectivity index (χ0) is 28.3.